The second-order valence-electron chi connectivity index (χ2n) is 6.34. The van der Waals surface area contributed by atoms with Crippen LogP contribution in [0.2, 0.25) is 0 Å². The standard InChI is InChI=1S/C20H22F3NO7S/c1-4-29-19(25)12-30-15-10-9-14(11-17(15)28-3)13(2)24-32(26,27)18-8-6-5-7-16(18)31-20(21,22)23/h5-11,13,24H,4,12H2,1-3H3. The van der Waals surface area contributed by atoms with Crippen LogP contribution in [0.4, 0.5) is 13.2 Å². The van der Waals surface area contributed by atoms with E-state index in [4.69, 9.17) is 14.2 Å². The van der Waals surface area contributed by atoms with Crippen molar-refractivity contribution in [1.82, 2.24) is 4.72 Å². The molecule has 1 unspecified atom stereocenters. The molecule has 0 spiro atoms. The molecule has 2 aromatic carbocycles. The van der Waals surface area contributed by atoms with Crippen molar-refractivity contribution < 1.29 is 45.3 Å². The maximum absolute atomic E-state index is 12.7. The first-order valence-corrected chi connectivity index (χ1v) is 10.8. The van der Waals surface area contributed by atoms with E-state index < -0.39 is 39.0 Å². The lowest BCUT2D eigenvalue weighted by Crippen LogP contribution is -2.28. The van der Waals surface area contributed by atoms with Crippen LogP contribution >= 0.6 is 0 Å². The SMILES string of the molecule is CCOC(=O)COc1ccc(C(C)NS(=O)(=O)c2ccccc2OC(F)(F)F)cc1OC. The quantitative estimate of drug-likeness (QED) is 0.522. The van der Waals surface area contributed by atoms with Crippen molar-refractivity contribution in [2.24, 2.45) is 0 Å². The number of halogens is 3. The molecule has 1 atom stereocenters. The highest BCUT2D eigenvalue weighted by Gasteiger charge is 2.34. The molecule has 8 nitrogen and oxygen atoms in total. The molecule has 0 radical (unpaired) electrons. The van der Waals surface area contributed by atoms with Gasteiger partial charge in [-0.05, 0) is 43.7 Å². The Balaban J connectivity index is 2.21. The number of carbonyl (C=O) groups is 1. The number of carbonyl (C=O) groups excluding carboxylic acids is 1. The minimum atomic E-state index is -5.05. The van der Waals surface area contributed by atoms with E-state index in [1.165, 1.54) is 44.4 Å². The lowest BCUT2D eigenvalue weighted by molar-refractivity contribution is -0.275. The molecule has 176 valence electrons. The van der Waals surface area contributed by atoms with E-state index >= 15 is 0 Å². The van der Waals surface area contributed by atoms with E-state index in [9.17, 15) is 26.4 Å². The molecule has 2 aromatic rings. The molecule has 0 aliphatic carbocycles. The molecule has 2 rings (SSSR count). The van der Waals surface area contributed by atoms with Crippen molar-refractivity contribution in [3.8, 4) is 17.2 Å². The number of esters is 1. The van der Waals surface area contributed by atoms with Crippen LogP contribution in [0.3, 0.4) is 0 Å². The van der Waals surface area contributed by atoms with Gasteiger partial charge in [-0.3, -0.25) is 0 Å². The van der Waals surface area contributed by atoms with Crippen molar-refractivity contribution in [3.63, 3.8) is 0 Å². The summed E-state index contributed by atoms with van der Waals surface area (Å²) in [4.78, 5) is 10.8. The number of hydrogen-bond donors (Lipinski definition) is 1. The van der Waals surface area contributed by atoms with Crippen LogP contribution in [-0.2, 0) is 19.6 Å². The molecule has 0 aliphatic heterocycles. The fourth-order valence-electron chi connectivity index (χ4n) is 2.66. The minimum absolute atomic E-state index is 0.201. The number of methoxy groups -OCH3 is 1. The molecule has 0 bridgehead atoms. The highest BCUT2D eigenvalue weighted by Crippen LogP contribution is 2.33. The molecular formula is C20H22F3NO7S. The molecule has 0 fully saturated rings. The molecule has 12 heteroatoms. The summed E-state index contributed by atoms with van der Waals surface area (Å²) in [6.45, 7) is 3.01. The normalized spacial score (nSPS) is 12.7. The summed E-state index contributed by atoms with van der Waals surface area (Å²) < 4.78 is 84.8. The van der Waals surface area contributed by atoms with Gasteiger partial charge in [0.2, 0.25) is 10.0 Å². The third-order valence-corrected chi connectivity index (χ3v) is 5.61. The fraction of sp³-hybridized carbons (Fsp3) is 0.350. The van der Waals surface area contributed by atoms with Crippen molar-refractivity contribution in [1.29, 1.82) is 0 Å². The van der Waals surface area contributed by atoms with Crippen LogP contribution in [0, 0.1) is 0 Å². The summed E-state index contributed by atoms with van der Waals surface area (Å²) in [5, 5.41) is 0. The number of alkyl halides is 3. The van der Waals surface area contributed by atoms with Crippen LogP contribution in [0.25, 0.3) is 0 Å². The third kappa shape index (κ3) is 7.02. The predicted molar refractivity (Wildman–Crippen MR) is 107 cm³/mol. The summed E-state index contributed by atoms with van der Waals surface area (Å²) in [6, 6.07) is 8.03. The highest BCUT2D eigenvalue weighted by molar-refractivity contribution is 7.89. The van der Waals surface area contributed by atoms with Gasteiger partial charge in [-0.1, -0.05) is 18.2 Å². The van der Waals surface area contributed by atoms with Crippen molar-refractivity contribution in [2.75, 3.05) is 20.3 Å². The van der Waals surface area contributed by atoms with E-state index in [2.05, 4.69) is 9.46 Å². The zero-order valence-electron chi connectivity index (χ0n) is 17.4. The fourth-order valence-corrected chi connectivity index (χ4v) is 4.02. The predicted octanol–water partition coefficient (Wildman–Crippen LogP) is 3.58. The van der Waals surface area contributed by atoms with E-state index in [1.54, 1.807) is 6.92 Å². The molecule has 0 aliphatic rings. The Morgan fingerprint density at radius 3 is 2.41 bits per heavy atom. The number of nitrogens with one attached hydrogen (secondary N) is 1. The lowest BCUT2D eigenvalue weighted by Gasteiger charge is -2.19. The number of rotatable bonds is 10. The highest BCUT2D eigenvalue weighted by atomic mass is 32.2. The van der Waals surface area contributed by atoms with E-state index in [0.717, 1.165) is 12.1 Å². The van der Waals surface area contributed by atoms with Gasteiger partial charge in [-0.25, -0.2) is 17.9 Å². The Hall–Kier alpha value is -2.99. The zero-order chi connectivity index (χ0) is 23.9. The van der Waals surface area contributed by atoms with E-state index in [-0.39, 0.29) is 24.7 Å². The first-order valence-electron chi connectivity index (χ1n) is 9.30. The number of ether oxygens (including phenoxy) is 4. The third-order valence-electron chi connectivity index (χ3n) is 4.03. The maximum atomic E-state index is 12.7. The van der Waals surface area contributed by atoms with Gasteiger partial charge in [0.05, 0.1) is 13.7 Å². The summed E-state index contributed by atoms with van der Waals surface area (Å²) >= 11 is 0. The molecular weight excluding hydrogens is 455 g/mol. The molecule has 0 saturated heterocycles. The van der Waals surface area contributed by atoms with Gasteiger partial charge in [0.25, 0.3) is 0 Å². The van der Waals surface area contributed by atoms with Gasteiger partial charge in [-0.2, -0.15) is 0 Å². The summed E-state index contributed by atoms with van der Waals surface area (Å²) in [5.74, 6) is -0.971. The van der Waals surface area contributed by atoms with Crippen molar-refractivity contribution in [2.45, 2.75) is 31.1 Å². The number of hydrogen-bond acceptors (Lipinski definition) is 7. The number of sulfonamides is 1. The van der Waals surface area contributed by atoms with Gasteiger partial charge in [0.15, 0.2) is 18.1 Å². The van der Waals surface area contributed by atoms with Crippen LogP contribution in [0.15, 0.2) is 47.4 Å². The molecule has 32 heavy (non-hydrogen) atoms. The van der Waals surface area contributed by atoms with Crippen molar-refractivity contribution >= 4 is 16.0 Å². The number of benzene rings is 2. The smallest absolute Gasteiger partial charge is 0.493 e. The first kappa shape index (κ1) is 25.3. The van der Waals surface area contributed by atoms with Gasteiger partial charge in [0, 0.05) is 6.04 Å². The Labute approximate surface area is 183 Å². The van der Waals surface area contributed by atoms with Crippen LogP contribution in [0.1, 0.15) is 25.5 Å². The maximum Gasteiger partial charge on any atom is 0.573 e. The average Bonchev–Trinajstić information content (AvgIpc) is 2.71. The average molecular weight is 477 g/mol. The molecule has 0 amide bonds. The van der Waals surface area contributed by atoms with Crippen molar-refractivity contribution in [3.05, 3.63) is 48.0 Å². The Morgan fingerprint density at radius 2 is 1.78 bits per heavy atom. The summed E-state index contributed by atoms with van der Waals surface area (Å²) in [6.07, 6.45) is -5.05. The molecule has 0 saturated carbocycles. The number of para-hydroxylation sites is 1. The lowest BCUT2D eigenvalue weighted by atomic mass is 10.1. The summed E-state index contributed by atoms with van der Waals surface area (Å²) in [5.41, 5.74) is 0.433. The monoisotopic (exact) mass is 477 g/mol. The molecule has 0 heterocycles. The minimum Gasteiger partial charge on any atom is -0.493 e. The van der Waals surface area contributed by atoms with Gasteiger partial charge in [0.1, 0.15) is 10.6 Å². The van der Waals surface area contributed by atoms with Gasteiger partial charge < -0.3 is 18.9 Å². The van der Waals surface area contributed by atoms with Crippen LogP contribution < -0.4 is 18.9 Å². The molecule has 0 aromatic heterocycles. The topological polar surface area (TPSA) is 100 Å². The Morgan fingerprint density at radius 1 is 1.09 bits per heavy atom. The second kappa shape index (κ2) is 10.6. The van der Waals surface area contributed by atoms with E-state index in [0.29, 0.717) is 5.56 Å². The largest absolute Gasteiger partial charge is 0.573 e. The molecule has 1 N–H and O–H groups in total. The van der Waals surface area contributed by atoms with Crippen LogP contribution in [-0.4, -0.2) is 41.1 Å². The van der Waals surface area contributed by atoms with Gasteiger partial charge >= 0.3 is 12.3 Å². The Bertz CT molecular complexity index is 1040. The summed E-state index contributed by atoms with van der Waals surface area (Å²) in [7, 11) is -3.02. The van der Waals surface area contributed by atoms with Gasteiger partial charge in [-0.15, -0.1) is 13.2 Å². The van der Waals surface area contributed by atoms with E-state index in [1.807, 2.05) is 0 Å². The Kier molecular flexibility index (Phi) is 8.33. The first-order chi connectivity index (χ1) is 15.0. The second-order valence-corrected chi connectivity index (χ2v) is 8.02. The zero-order valence-corrected chi connectivity index (χ0v) is 18.2. The van der Waals surface area contributed by atoms with Crippen LogP contribution in [0.5, 0.6) is 17.2 Å².